The average Bonchev–Trinajstić information content (AvgIpc) is 3.10. The molecule has 21 heavy (non-hydrogen) atoms. The number of hydrogen-bond acceptors (Lipinski definition) is 4. The first kappa shape index (κ1) is 15.1. The predicted molar refractivity (Wildman–Crippen MR) is 68.1 cm³/mol. The number of hydrogen-bond donors (Lipinski definition) is 1. The maximum absolute atomic E-state index is 13.2. The molecule has 0 aromatic carbocycles. The van der Waals surface area contributed by atoms with Gasteiger partial charge in [0.2, 0.25) is 0 Å². The van der Waals surface area contributed by atoms with E-state index >= 15 is 0 Å². The summed E-state index contributed by atoms with van der Waals surface area (Å²) >= 11 is 0. The molecular formula is C13H18F2O5S. The van der Waals surface area contributed by atoms with Crippen molar-refractivity contribution >= 4 is 16.1 Å². The van der Waals surface area contributed by atoms with Crippen LogP contribution in [0.3, 0.4) is 0 Å². The standard InChI is InChI=1S/C13H18F2O5S/c1-8-3-10(2)5-12(10)6-11(12,4-8)7-20-9(16)13(14,15)21(17,18)19/h8H,3-7H2,1-2H3,(H,17,18,19). The number of carbonyl (C=O) groups excluding carboxylic acids is 1. The molecule has 1 N–H and O–H groups in total. The van der Waals surface area contributed by atoms with Gasteiger partial charge in [0.1, 0.15) is 0 Å². The van der Waals surface area contributed by atoms with Crippen LogP contribution in [0.1, 0.15) is 39.5 Å². The van der Waals surface area contributed by atoms with Crippen LogP contribution in [0.4, 0.5) is 8.78 Å². The molecule has 0 saturated heterocycles. The highest BCUT2D eigenvalue weighted by Crippen LogP contribution is 2.92. The van der Waals surface area contributed by atoms with E-state index in [-0.39, 0.29) is 22.9 Å². The molecule has 4 atom stereocenters. The van der Waals surface area contributed by atoms with Crippen LogP contribution in [-0.2, 0) is 19.6 Å². The van der Waals surface area contributed by atoms with Crippen LogP contribution in [-0.4, -0.2) is 30.8 Å². The molecule has 4 unspecified atom stereocenters. The quantitative estimate of drug-likeness (QED) is 0.633. The number of carbonyl (C=O) groups is 1. The second-order valence-corrected chi connectivity index (χ2v) is 8.82. The van der Waals surface area contributed by atoms with E-state index in [1.165, 1.54) is 0 Å². The van der Waals surface area contributed by atoms with Gasteiger partial charge in [0.15, 0.2) is 0 Å². The van der Waals surface area contributed by atoms with Gasteiger partial charge in [-0.05, 0) is 42.4 Å². The second-order valence-electron chi connectivity index (χ2n) is 7.36. The van der Waals surface area contributed by atoms with Gasteiger partial charge in [0.05, 0.1) is 6.61 Å². The van der Waals surface area contributed by atoms with Gasteiger partial charge in [-0.1, -0.05) is 13.8 Å². The molecule has 0 radical (unpaired) electrons. The van der Waals surface area contributed by atoms with E-state index in [0.717, 1.165) is 25.7 Å². The molecule has 0 heterocycles. The molecule has 3 aliphatic rings. The van der Waals surface area contributed by atoms with Crippen LogP contribution in [0.2, 0.25) is 0 Å². The normalized spacial score (nSPS) is 44.5. The highest BCUT2D eigenvalue weighted by Gasteiger charge is 2.86. The van der Waals surface area contributed by atoms with E-state index in [2.05, 4.69) is 18.6 Å². The van der Waals surface area contributed by atoms with Crippen molar-refractivity contribution in [3.8, 4) is 0 Å². The van der Waals surface area contributed by atoms with Crippen LogP contribution >= 0.6 is 0 Å². The van der Waals surface area contributed by atoms with Gasteiger partial charge in [-0.2, -0.15) is 17.2 Å². The average molecular weight is 324 g/mol. The molecule has 0 aliphatic heterocycles. The molecule has 3 rings (SSSR count). The molecule has 0 aromatic rings. The van der Waals surface area contributed by atoms with Crippen LogP contribution in [0.25, 0.3) is 0 Å². The Hall–Kier alpha value is -0.760. The predicted octanol–water partition coefficient (Wildman–Crippen LogP) is 2.23. The minimum absolute atomic E-state index is 0.0835. The SMILES string of the molecule is CC1CC2(C)CC23CC3(COC(=O)C(F)(F)S(=O)(=O)O)C1. The Morgan fingerprint density at radius 2 is 2.00 bits per heavy atom. The number of ether oxygens (including phenoxy) is 1. The summed E-state index contributed by atoms with van der Waals surface area (Å²) in [4.78, 5) is 11.3. The zero-order valence-corrected chi connectivity index (χ0v) is 12.7. The van der Waals surface area contributed by atoms with Gasteiger partial charge in [-0.15, -0.1) is 0 Å². The summed E-state index contributed by atoms with van der Waals surface area (Å²) in [7, 11) is -5.80. The maximum Gasteiger partial charge on any atom is 0.465 e. The van der Waals surface area contributed by atoms with Crippen LogP contribution < -0.4 is 0 Å². The minimum Gasteiger partial charge on any atom is -0.460 e. The van der Waals surface area contributed by atoms with E-state index in [1.54, 1.807) is 0 Å². The molecule has 0 amide bonds. The topological polar surface area (TPSA) is 80.7 Å². The summed E-state index contributed by atoms with van der Waals surface area (Å²) < 4.78 is 60.3. The molecule has 5 nitrogen and oxygen atoms in total. The van der Waals surface area contributed by atoms with Gasteiger partial charge < -0.3 is 4.74 Å². The first-order valence-electron chi connectivity index (χ1n) is 6.91. The Morgan fingerprint density at radius 3 is 2.57 bits per heavy atom. The monoisotopic (exact) mass is 324 g/mol. The zero-order valence-electron chi connectivity index (χ0n) is 11.9. The maximum atomic E-state index is 13.2. The fraction of sp³-hybridized carbons (Fsp3) is 0.923. The summed E-state index contributed by atoms with van der Waals surface area (Å²) in [6, 6.07) is 0. The van der Waals surface area contributed by atoms with Crippen LogP contribution in [0.15, 0.2) is 0 Å². The lowest BCUT2D eigenvalue weighted by Gasteiger charge is -2.30. The first-order chi connectivity index (χ1) is 9.39. The zero-order chi connectivity index (χ0) is 15.9. The summed E-state index contributed by atoms with van der Waals surface area (Å²) in [6.07, 6.45) is 3.74. The van der Waals surface area contributed by atoms with Gasteiger partial charge in [-0.3, -0.25) is 4.55 Å². The van der Waals surface area contributed by atoms with Gasteiger partial charge >= 0.3 is 21.3 Å². The van der Waals surface area contributed by atoms with E-state index in [4.69, 9.17) is 4.55 Å². The van der Waals surface area contributed by atoms with Crippen LogP contribution in [0.5, 0.6) is 0 Å². The van der Waals surface area contributed by atoms with Gasteiger partial charge in [-0.25, -0.2) is 4.79 Å². The van der Waals surface area contributed by atoms with E-state index < -0.39 is 21.3 Å². The number of rotatable bonds is 4. The smallest absolute Gasteiger partial charge is 0.460 e. The third-order valence-corrected chi connectivity index (χ3v) is 6.65. The molecule has 8 heteroatoms. The number of esters is 1. The number of halogens is 2. The summed E-state index contributed by atoms with van der Waals surface area (Å²) in [5, 5.41) is -4.90. The molecule has 3 fully saturated rings. The first-order valence-corrected chi connectivity index (χ1v) is 8.35. The van der Waals surface area contributed by atoms with Crippen molar-refractivity contribution in [1.82, 2.24) is 0 Å². The van der Waals surface area contributed by atoms with Crippen molar-refractivity contribution in [2.45, 2.75) is 44.8 Å². The molecule has 0 bridgehead atoms. The minimum atomic E-state index is -5.80. The summed E-state index contributed by atoms with van der Waals surface area (Å²) in [6.45, 7) is 4.05. The van der Waals surface area contributed by atoms with E-state index in [0.29, 0.717) is 5.92 Å². The molecule has 120 valence electrons. The van der Waals surface area contributed by atoms with Crippen molar-refractivity contribution in [3.05, 3.63) is 0 Å². The molecular weight excluding hydrogens is 306 g/mol. The summed E-state index contributed by atoms with van der Waals surface area (Å²) in [5.74, 6) is -1.77. The summed E-state index contributed by atoms with van der Waals surface area (Å²) in [5.41, 5.74) is -0.00676. The Morgan fingerprint density at radius 1 is 1.38 bits per heavy atom. The molecule has 1 spiro atoms. The Balaban J connectivity index is 1.69. The van der Waals surface area contributed by atoms with Crippen molar-refractivity contribution in [2.24, 2.45) is 22.2 Å². The highest BCUT2D eigenvalue weighted by atomic mass is 32.2. The third-order valence-electron chi connectivity index (χ3n) is 5.83. The van der Waals surface area contributed by atoms with E-state index in [1.807, 2.05) is 0 Å². The molecule has 3 aliphatic carbocycles. The fourth-order valence-corrected chi connectivity index (χ4v) is 5.21. The van der Waals surface area contributed by atoms with Crippen molar-refractivity contribution < 1.29 is 31.3 Å². The largest absolute Gasteiger partial charge is 0.465 e. The van der Waals surface area contributed by atoms with Crippen molar-refractivity contribution in [2.75, 3.05) is 6.61 Å². The number of alkyl halides is 2. The lowest BCUT2D eigenvalue weighted by Crippen LogP contribution is -2.40. The van der Waals surface area contributed by atoms with Gasteiger partial charge in [0.25, 0.3) is 0 Å². The third kappa shape index (κ3) is 1.81. The highest BCUT2D eigenvalue weighted by molar-refractivity contribution is 7.87. The van der Waals surface area contributed by atoms with Gasteiger partial charge in [0, 0.05) is 5.41 Å². The molecule has 0 aromatic heterocycles. The van der Waals surface area contributed by atoms with E-state index in [9.17, 15) is 22.0 Å². The van der Waals surface area contributed by atoms with Crippen molar-refractivity contribution in [1.29, 1.82) is 0 Å². The molecule has 3 saturated carbocycles. The lowest BCUT2D eigenvalue weighted by molar-refractivity contribution is -0.164. The fourth-order valence-electron chi connectivity index (χ4n) is 4.94. The Bertz CT molecular complexity index is 618. The Kier molecular flexibility index (Phi) is 2.71. The Labute approximate surface area is 121 Å². The lowest BCUT2D eigenvalue weighted by atomic mass is 9.77. The second kappa shape index (κ2) is 3.76. The van der Waals surface area contributed by atoms with Crippen molar-refractivity contribution in [3.63, 3.8) is 0 Å². The van der Waals surface area contributed by atoms with Crippen LogP contribution in [0, 0.1) is 22.2 Å².